The molecule has 0 bridgehead atoms. The number of carbonyl (C=O) groups excluding carboxylic acids is 1. The Labute approximate surface area is 113 Å². The molecule has 1 aromatic rings. The minimum absolute atomic E-state index is 0.0284. The van der Waals surface area contributed by atoms with Gasteiger partial charge in [0.25, 0.3) is 0 Å². The summed E-state index contributed by atoms with van der Waals surface area (Å²) < 4.78 is 5.38. The molecule has 1 aliphatic heterocycles. The van der Waals surface area contributed by atoms with Crippen molar-refractivity contribution < 1.29 is 9.53 Å². The van der Waals surface area contributed by atoms with Crippen molar-refractivity contribution in [2.75, 3.05) is 13.1 Å². The van der Waals surface area contributed by atoms with E-state index in [9.17, 15) is 4.79 Å². The van der Waals surface area contributed by atoms with Crippen LogP contribution in [-0.4, -0.2) is 29.7 Å². The Kier molecular flexibility index (Phi) is 2.49. The van der Waals surface area contributed by atoms with Crippen molar-refractivity contribution >= 4 is 18.2 Å². The number of fused-ring (bicyclic) bond motifs is 1. The number of hydrogen-bond acceptors (Lipinski definition) is 2. The van der Waals surface area contributed by atoms with E-state index in [1.807, 2.05) is 32.9 Å². The standard InChI is InChI=1S/C16H19NO2/c1-15(2,3)19-14(18)17-10-16(11-17)8-12-6-4-5-7-13(12)9-16/h4-9H,10-11H2,1-3H3. The Morgan fingerprint density at radius 1 is 1.16 bits per heavy atom. The lowest BCUT2D eigenvalue weighted by Crippen LogP contribution is -2.56. The molecule has 1 aromatic carbocycles. The third-order valence-electron chi connectivity index (χ3n) is 3.50. The zero-order valence-electron chi connectivity index (χ0n) is 11.6. The van der Waals surface area contributed by atoms with Crippen molar-refractivity contribution in [2.24, 2.45) is 5.41 Å². The number of ether oxygens (including phenoxy) is 1. The van der Waals surface area contributed by atoms with Crippen LogP contribution in [0.4, 0.5) is 4.79 Å². The minimum atomic E-state index is -0.425. The number of rotatable bonds is 0. The quantitative estimate of drug-likeness (QED) is 0.705. The van der Waals surface area contributed by atoms with E-state index in [1.165, 1.54) is 10.4 Å². The number of hydrogen-bond donors (Lipinski definition) is 0. The van der Waals surface area contributed by atoms with Crippen LogP contribution in [0.25, 0.3) is 12.2 Å². The van der Waals surface area contributed by atoms with Gasteiger partial charge in [0.15, 0.2) is 0 Å². The molecule has 0 aromatic heterocycles. The van der Waals surface area contributed by atoms with Gasteiger partial charge in [0.2, 0.25) is 0 Å². The maximum Gasteiger partial charge on any atom is 0.410 e. The number of benzene rings is 1. The van der Waals surface area contributed by atoms with Gasteiger partial charge in [-0.15, -0.1) is 0 Å². The molecule has 1 saturated heterocycles. The van der Waals surface area contributed by atoms with E-state index in [0.29, 0.717) is 0 Å². The summed E-state index contributed by atoms with van der Waals surface area (Å²) in [4.78, 5) is 13.7. The molecular formula is C16H19NO2. The van der Waals surface area contributed by atoms with Gasteiger partial charge in [-0.25, -0.2) is 4.79 Å². The average Bonchev–Trinajstić information content (AvgIpc) is 2.63. The molecule has 3 nitrogen and oxygen atoms in total. The molecule has 3 rings (SSSR count). The minimum Gasteiger partial charge on any atom is -0.444 e. The molecule has 1 aliphatic carbocycles. The third-order valence-corrected chi connectivity index (χ3v) is 3.50. The van der Waals surface area contributed by atoms with Crippen LogP contribution >= 0.6 is 0 Å². The lowest BCUT2D eigenvalue weighted by atomic mass is 9.81. The van der Waals surface area contributed by atoms with Crippen molar-refractivity contribution in [1.29, 1.82) is 0 Å². The van der Waals surface area contributed by atoms with Gasteiger partial charge < -0.3 is 9.64 Å². The second-order valence-electron chi connectivity index (χ2n) is 6.49. The number of nitrogens with zero attached hydrogens (tertiary/aromatic N) is 1. The molecule has 1 spiro atoms. The maximum atomic E-state index is 11.9. The van der Waals surface area contributed by atoms with Crippen LogP contribution in [0.5, 0.6) is 0 Å². The topological polar surface area (TPSA) is 29.5 Å². The SMILES string of the molecule is CC(C)(C)OC(=O)N1CC2(C=c3ccccc3=C2)C1. The Morgan fingerprint density at radius 2 is 1.68 bits per heavy atom. The number of likely N-dealkylation sites (tertiary alicyclic amines) is 1. The Bertz CT molecular complexity index is 596. The summed E-state index contributed by atoms with van der Waals surface area (Å²) in [5.41, 5.74) is -0.396. The second-order valence-corrected chi connectivity index (χ2v) is 6.49. The summed E-state index contributed by atoms with van der Waals surface area (Å²) in [5.74, 6) is 0. The lowest BCUT2D eigenvalue weighted by molar-refractivity contribution is -0.00162. The predicted octanol–water partition coefficient (Wildman–Crippen LogP) is 1.50. The van der Waals surface area contributed by atoms with Crippen LogP contribution in [0.1, 0.15) is 20.8 Å². The average molecular weight is 257 g/mol. The van der Waals surface area contributed by atoms with Gasteiger partial charge in [-0.3, -0.25) is 0 Å². The fraction of sp³-hybridized carbons (Fsp3) is 0.438. The van der Waals surface area contributed by atoms with Gasteiger partial charge in [0, 0.05) is 18.5 Å². The molecule has 100 valence electrons. The van der Waals surface area contributed by atoms with Gasteiger partial charge >= 0.3 is 6.09 Å². The monoisotopic (exact) mass is 257 g/mol. The summed E-state index contributed by atoms with van der Waals surface area (Å²) in [6.07, 6.45) is 4.32. The number of carbonyl (C=O) groups is 1. The summed E-state index contributed by atoms with van der Waals surface area (Å²) in [6, 6.07) is 8.34. The van der Waals surface area contributed by atoms with Crippen molar-refractivity contribution in [3.63, 3.8) is 0 Å². The van der Waals surface area contributed by atoms with Crippen LogP contribution in [0.2, 0.25) is 0 Å². The fourth-order valence-corrected chi connectivity index (χ4v) is 2.74. The largest absolute Gasteiger partial charge is 0.444 e. The predicted molar refractivity (Wildman–Crippen MR) is 74.9 cm³/mol. The second kappa shape index (κ2) is 3.86. The first-order valence-electron chi connectivity index (χ1n) is 6.66. The summed E-state index contributed by atoms with van der Waals surface area (Å²) >= 11 is 0. The van der Waals surface area contributed by atoms with Gasteiger partial charge in [-0.1, -0.05) is 36.4 Å². The van der Waals surface area contributed by atoms with E-state index in [1.54, 1.807) is 4.90 Å². The molecule has 0 N–H and O–H groups in total. The highest BCUT2D eigenvalue weighted by Gasteiger charge is 2.44. The van der Waals surface area contributed by atoms with E-state index < -0.39 is 5.60 Å². The van der Waals surface area contributed by atoms with E-state index in [-0.39, 0.29) is 11.5 Å². The van der Waals surface area contributed by atoms with E-state index in [4.69, 9.17) is 4.74 Å². The van der Waals surface area contributed by atoms with Crippen LogP contribution < -0.4 is 10.4 Å². The maximum absolute atomic E-state index is 11.9. The highest BCUT2D eigenvalue weighted by Crippen LogP contribution is 2.36. The van der Waals surface area contributed by atoms with Crippen LogP contribution in [0, 0.1) is 5.41 Å². The molecule has 19 heavy (non-hydrogen) atoms. The molecule has 2 aliphatic rings. The molecule has 0 atom stereocenters. The number of amides is 1. The first kappa shape index (κ1) is 12.3. The summed E-state index contributed by atoms with van der Waals surface area (Å²) in [6.45, 7) is 7.12. The zero-order chi connectivity index (χ0) is 13.7. The molecular weight excluding hydrogens is 238 g/mol. The van der Waals surface area contributed by atoms with E-state index in [2.05, 4.69) is 24.3 Å². The Balaban J connectivity index is 1.71. The van der Waals surface area contributed by atoms with Gasteiger partial charge in [0.05, 0.1) is 0 Å². The van der Waals surface area contributed by atoms with Gasteiger partial charge in [-0.05, 0) is 31.2 Å². The van der Waals surface area contributed by atoms with E-state index in [0.717, 1.165) is 13.1 Å². The normalized spacial score (nSPS) is 19.2. The van der Waals surface area contributed by atoms with Crippen molar-refractivity contribution in [1.82, 2.24) is 4.90 Å². The Morgan fingerprint density at radius 3 is 2.16 bits per heavy atom. The third kappa shape index (κ3) is 2.25. The van der Waals surface area contributed by atoms with Crippen molar-refractivity contribution in [3.05, 3.63) is 34.7 Å². The highest BCUT2D eigenvalue weighted by atomic mass is 16.6. The van der Waals surface area contributed by atoms with Crippen molar-refractivity contribution in [3.8, 4) is 0 Å². The molecule has 0 radical (unpaired) electrons. The first-order valence-corrected chi connectivity index (χ1v) is 6.66. The lowest BCUT2D eigenvalue weighted by Gasteiger charge is -2.45. The molecule has 0 unspecified atom stereocenters. The first-order chi connectivity index (χ1) is 8.87. The molecule has 1 fully saturated rings. The van der Waals surface area contributed by atoms with Gasteiger partial charge in [-0.2, -0.15) is 0 Å². The van der Waals surface area contributed by atoms with Crippen LogP contribution in [0.3, 0.4) is 0 Å². The smallest absolute Gasteiger partial charge is 0.410 e. The summed E-state index contributed by atoms with van der Waals surface area (Å²) in [7, 11) is 0. The summed E-state index contributed by atoms with van der Waals surface area (Å²) in [5, 5.41) is 2.54. The zero-order valence-corrected chi connectivity index (χ0v) is 11.6. The molecule has 0 saturated carbocycles. The van der Waals surface area contributed by atoms with E-state index >= 15 is 0 Å². The molecule has 3 heteroatoms. The van der Waals surface area contributed by atoms with Crippen LogP contribution in [-0.2, 0) is 4.74 Å². The van der Waals surface area contributed by atoms with Crippen LogP contribution in [0.15, 0.2) is 24.3 Å². The fourth-order valence-electron chi connectivity index (χ4n) is 2.74. The van der Waals surface area contributed by atoms with Crippen molar-refractivity contribution in [2.45, 2.75) is 26.4 Å². The Hall–Kier alpha value is -1.77. The molecule has 1 amide bonds. The highest BCUT2D eigenvalue weighted by molar-refractivity contribution is 5.73. The molecule has 1 heterocycles. The van der Waals surface area contributed by atoms with Gasteiger partial charge in [0.1, 0.15) is 5.60 Å².